The first kappa shape index (κ1) is 24.7. The number of hydrogen-bond acceptors (Lipinski definition) is 4. The van der Waals surface area contributed by atoms with Gasteiger partial charge in [0.25, 0.3) is 5.91 Å². The molecule has 0 radical (unpaired) electrons. The van der Waals surface area contributed by atoms with E-state index in [9.17, 15) is 4.79 Å². The van der Waals surface area contributed by atoms with Crippen LogP contribution in [-0.4, -0.2) is 28.4 Å². The lowest BCUT2D eigenvalue weighted by molar-refractivity contribution is -0.128. The Morgan fingerprint density at radius 2 is 1.70 bits per heavy atom. The quantitative estimate of drug-likeness (QED) is 0.326. The molecule has 5 rings (SSSR count). The fourth-order valence-corrected chi connectivity index (χ4v) is 5.02. The van der Waals surface area contributed by atoms with Gasteiger partial charge >= 0.3 is 0 Å². The van der Waals surface area contributed by atoms with Gasteiger partial charge in [-0.05, 0) is 64.9 Å². The molecule has 1 N–H and O–H groups in total. The first-order valence-electron chi connectivity index (χ1n) is 13.0. The van der Waals surface area contributed by atoms with E-state index in [0.717, 1.165) is 30.8 Å². The monoisotopic (exact) mass is 491 g/mol. The third-order valence-corrected chi connectivity index (χ3v) is 6.95. The summed E-state index contributed by atoms with van der Waals surface area (Å²) in [5, 5.41) is 3.00. The van der Waals surface area contributed by atoms with Crippen LogP contribution >= 0.6 is 0 Å². The molecule has 1 aliphatic rings. The van der Waals surface area contributed by atoms with Crippen LogP contribution in [0.2, 0.25) is 0 Å². The Morgan fingerprint density at radius 3 is 2.43 bits per heavy atom. The number of benzene rings is 3. The first-order chi connectivity index (χ1) is 18.2. The maximum absolute atomic E-state index is 12.9. The molecule has 0 fully saturated rings. The molecule has 5 heteroatoms. The highest BCUT2D eigenvalue weighted by atomic mass is 16.5. The molecule has 3 aromatic carbocycles. The lowest BCUT2D eigenvalue weighted by atomic mass is 9.87. The molecule has 0 bridgehead atoms. The Kier molecular flexibility index (Phi) is 7.92. The molecular formula is C32H33N3O2. The highest BCUT2D eigenvalue weighted by molar-refractivity contribution is 5.81. The van der Waals surface area contributed by atoms with Gasteiger partial charge in [0.05, 0.1) is 6.04 Å². The van der Waals surface area contributed by atoms with Crippen molar-refractivity contribution in [2.24, 2.45) is 0 Å². The number of pyridine rings is 1. The van der Waals surface area contributed by atoms with Gasteiger partial charge in [0.15, 0.2) is 6.10 Å². The first-order valence-corrected chi connectivity index (χ1v) is 13.0. The maximum atomic E-state index is 12.9. The zero-order valence-corrected chi connectivity index (χ0v) is 21.2. The molecule has 188 valence electrons. The Hall–Kier alpha value is -3.96. The number of rotatable bonds is 9. The van der Waals surface area contributed by atoms with Crippen LogP contribution < -0.4 is 10.1 Å². The molecule has 4 aromatic rings. The van der Waals surface area contributed by atoms with Gasteiger partial charge in [0.1, 0.15) is 5.75 Å². The van der Waals surface area contributed by atoms with E-state index < -0.39 is 6.10 Å². The fourth-order valence-electron chi connectivity index (χ4n) is 5.02. The van der Waals surface area contributed by atoms with Crippen molar-refractivity contribution in [2.75, 3.05) is 6.54 Å². The fraction of sp³-hybridized carbons (Fsp3) is 0.250. The standard InChI is InChI=1S/C32H33N3O2/c1-2-30(32(36)34-22-24-15-18-33-19-16-24)37-28-14-13-26-17-20-35(23-25-9-5-3-6-10-25)31(29(26)21-28)27-11-7-4-8-12-27/h3-16,18-19,21,30-31H,2,17,20,22-23H2,1H3,(H,34,36)/t30-,31+/m0/s1. The van der Waals surface area contributed by atoms with Crippen molar-refractivity contribution in [1.29, 1.82) is 0 Å². The van der Waals surface area contributed by atoms with Crippen LogP contribution in [-0.2, 0) is 24.3 Å². The van der Waals surface area contributed by atoms with Crippen molar-refractivity contribution in [3.63, 3.8) is 0 Å². The van der Waals surface area contributed by atoms with E-state index in [4.69, 9.17) is 4.74 Å². The van der Waals surface area contributed by atoms with E-state index >= 15 is 0 Å². The largest absolute Gasteiger partial charge is 0.481 e. The van der Waals surface area contributed by atoms with E-state index in [1.807, 2.05) is 25.1 Å². The average Bonchev–Trinajstić information content (AvgIpc) is 2.96. The highest BCUT2D eigenvalue weighted by Gasteiger charge is 2.29. The Morgan fingerprint density at radius 1 is 0.973 bits per heavy atom. The van der Waals surface area contributed by atoms with Crippen molar-refractivity contribution in [3.8, 4) is 5.75 Å². The second kappa shape index (κ2) is 11.8. The van der Waals surface area contributed by atoms with E-state index in [-0.39, 0.29) is 11.9 Å². The van der Waals surface area contributed by atoms with Gasteiger partial charge in [-0.25, -0.2) is 0 Å². The number of nitrogens with zero attached hydrogens (tertiary/aromatic N) is 2. The SMILES string of the molecule is CC[C@H](Oc1ccc2c(c1)[C@@H](c1ccccc1)N(Cc1ccccc1)CC2)C(=O)NCc1ccncc1. The minimum Gasteiger partial charge on any atom is -0.481 e. The summed E-state index contributed by atoms with van der Waals surface area (Å²) in [6.07, 6.45) is 4.47. The number of fused-ring (bicyclic) bond motifs is 1. The summed E-state index contributed by atoms with van der Waals surface area (Å²) in [5.74, 6) is 0.620. The lowest BCUT2D eigenvalue weighted by Gasteiger charge is -2.38. The third-order valence-electron chi connectivity index (χ3n) is 6.95. The van der Waals surface area contributed by atoms with Crippen LogP contribution in [0.15, 0.2) is 103 Å². The molecule has 0 spiro atoms. The van der Waals surface area contributed by atoms with Gasteiger partial charge in [0, 0.05) is 32.0 Å². The van der Waals surface area contributed by atoms with Crippen molar-refractivity contribution in [3.05, 3.63) is 131 Å². The minimum atomic E-state index is -0.556. The number of nitrogens with one attached hydrogen (secondary N) is 1. The van der Waals surface area contributed by atoms with Crippen LogP contribution in [0.1, 0.15) is 47.2 Å². The summed E-state index contributed by atoms with van der Waals surface area (Å²) in [6.45, 7) is 4.29. The number of carbonyl (C=O) groups is 1. The van der Waals surface area contributed by atoms with Crippen molar-refractivity contribution in [1.82, 2.24) is 15.2 Å². The summed E-state index contributed by atoms with van der Waals surface area (Å²) >= 11 is 0. The second-order valence-corrected chi connectivity index (χ2v) is 9.47. The van der Waals surface area contributed by atoms with Gasteiger partial charge in [0.2, 0.25) is 0 Å². The number of hydrogen-bond donors (Lipinski definition) is 1. The number of aromatic nitrogens is 1. The molecular weight excluding hydrogens is 458 g/mol. The number of ether oxygens (including phenoxy) is 1. The smallest absolute Gasteiger partial charge is 0.261 e. The van der Waals surface area contributed by atoms with Crippen LogP contribution in [0.5, 0.6) is 5.75 Å². The van der Waals surface area contributed by atoms with E-state index in [1.54, 1.807) is 12.4 Å². The maximum Gasteiger partial charge on any atom is 0.261 e. The predicted octanol–water partition coefficient (Wildman–Crippen LogP) is 5.70. The van der Waals surface area contributed by atoms with Gasteiger partial charge in [-0.3, -0.25) is 14.7 Å². The molecule has 1 amide bonds. The van der Waals surface area contributed by atoms with Crippen LogP contribution in [0.25, 0.3) is 0 Å². The van der Waals surface area contributed by atoms with Crippen LogP contribution in [0, 0.1) is 0 Å². The zero-order chi connectivity index (χ0) is 25.5. The van der Waals surface area contributed by atoms with Gasteiger partial charge in [-0.1, -0.05) is 73.7 Å². The van der Waals surface area contributed by atoms with E-state index in [1.165, 1.54) is 22.3 Å². The number of carbonyl (C=O) groups excluding carboxylic acids is 1. The third kappa shape index (κ3) is 6.07. The molecule has 0 saturated carbocycles. The predicted molar refractivity (Wildman–Crippen MR) is 146 cm³/mol. The van der Waals surface area contributed by atoms with Crippen LogP contribution in [0.4, 0.5) is 0 Å². The van der Waals surface area contributed by atoms with E-state index in [0.29, 0.717) is 13.0 Å². The number of amides is 1. The average molecular weight is 492 g/mol. The highest BCUT2D eigenvalue weighted by Crippen LogP contribution is 2.38. The molecule has 2 atom stereocenters. The topological polar surface area (TPSA) is 54.5 Å². The molecule has 1 aromatic heterocycles. The lowest BCUT2D eigenvalue weighted by Crippen LogP contribution is -2.38. The van der Waals surface area contributed by atoms with Crippen molar-refractivity contribution < 1.29 is 9.53 Å². The van der Waals surface area contributed by atoms with Gasteiger partial charge in [-0.15, -0.1) is 0 Å². The second-order valence-electron chi connectivity index (χ2n) is 9.47. The molecule has 0 aliphatic carbocycles. The molecule has 1 aliphatic heterocycles. The van der Waals surface area contributed by atoms with E-state index in [2.05, 4.69) is 88.0 Å². The zero-order valence-electron chi connectivity index (χ0n) is 21.2. The van der Waals surface area contributed by atoms with Crippen molar-refractivity contribution >= 4 is 5.91 Å². The normalized spacial score (nSPS) is 16.0. The summed E-state index contributed by atoms with van der Waals surface area (Å²) in [4.78, 5) is 19.5. The summed E-state index contributed by atoms with van der Waals surface area (Å²) in [7, 11) is 0. The Labute approximate surface area is 219 Å². The van der Waals surface area contributed by atoms with Crippen LogP contribution in [0.3, 0.4) is 0 Å². The Bertz CT molecular complexity index is 1300. The van der Waals surface area contributed by atoms with Gasteiger partial charge in [-0.2, -0.15) is 0 Å². The molecule has 0 saturated heterocycles. The molecule has 37 heavy (non-hydrogen) atoms. The molecule has 0 unspecified atom stereocenters. The summed E-state index contributed by atoms with van der Waals surface area (Å²) in [6, 6.07) is 31.5. The molecule has 5 nitrogen and oxygen atoms in total. The summed E-state index contributed by atoms with van der Waals surface area (Å²) in [5.41, 5.74) is 6.16. The Balaban J connectivity index is 1.38. The minimum absolute atomic E-state index is 0.109. The summed E-state index contributed by atoms with van der Waals surface area (Å²) < 4.78 is 6.27. The molecule has 2 heterocycles. The van der Waals surface area contributed by atoms with Crippen molar-refractivity contribution in [2.45, 2.75) is 45.0 Å². The van der Waals surface area contributed by atoms with Gasteiger partial charge < -0.3 is 10.1 Å².